The van der Waals surface area contributed by atoms with Gasteiger partial charge in [0.1, 0.15) is 5.75 Å². The van der Waals surface area contributed by atoms with Gasteiger partial charge in [-0.25, -0.2) is 0 Å². The third kappa shape index (κ3) is 3.12. The van der Waals surface area contributed by atoms with Gasteiger partial charge < -0.3 is 9.84 Å². The Morgan fingerprint density at radius 3 is 2.93 bits per heavy atom. The fourth-order valence-electron chi connectivity index (χ4n) is 0.990. The molecule has 76 valence electrons. The van der Waals surface area contributed by atoms with Crippen molar-refractivity contribution in [3.05, 3.63) is 28.2 Å². The lowest BCUT2D eigenvalue weighted by Gasteiger charge is -2.07. The summed E-state index contributed by atoms with van der Waals surface area (Å²) in [6.45, 7) is 0.506. The molecule has 0 aromatic heterocycles. The standard InChI is InChI=1S/C10H11BrO3/c11-9-2-3-10(8(6-9)7-13)14-5-1-4-12/h2-3,6-7,12H,1,4-5H2. The smallest absolute Gasteiger partial charge is 0.153 e. The Bertz CT molecular complexity index is 312. The van der Waals surface area contributed by atoms with E-state index in [0.717, 1.165) is 10.8 Å². The number of benzene rings is 1. The molecule has 1 aromatic rings. The van der Waals surface area contributed by atoms with Crippen LogP contribution in [0.25, 0.3) is 0 Å². The SMILES string of the molecule is O=Cc1cc(Br)ccc1OCCCO. The molecule has 0 aliphatic rings. The van der Waals surface area contributed by atoms with Gasteiger partial charge in [0.2, 0.25) is 0 Å². The summed E-state index contributed by atoms with van der Waals surface area (Å²) in [4.78, 5) is 10.7. The Morgan fingerprint density at radius 2 is 2.29 bits per heavy atom. The van der Waals surface area contributed by atoms with Gasteiger partial charge >= 0.3 is 0 Å². The Kier molecular flexibility index (Phi) is 4.62. The highest BCUT2D eigenvalue weighted by molar-refractivity contribution is 9.10. The van der Waals surface area contributed by atoms with Gasteiger partial charge in [0.05, 0.1) is 12.2 Å². The van der Waals surface area contributed by atoms with Crippen LogP contribution < -0.4 is 4.74 Å². The molecule has 0 unspecified atom stereocenters. The molecule has 0 saturated heterocycles. The van der Waals surface area contributed by atoms with Crippen molar-refractivity contribution >= 4 is 22.2 Å². The minimum Gasteiger partial charge on any atom is -0.493 e. The predicted octanol–water partition coefficient (Wildman–Crippen LogP) is 2.02. The number of hydrogen-bond donors (Lipinski definition) is 1. The van der Waals surface area contributed by atoms with E-state index in [1.54, 1.807) is 18.2 Å². The van der Waals surface area contributed by atoms with Crippen molar-refractivity contribution in [1.29, 1.82) is 0 Å². The summed E-state index contributed by atoms with van der Waals surface area (Å²) >= 11 is 3.26. The molecule has 0 saturated carbocycles. The summed E-state index contributed by atoms with van der Waals surface area (Å²) < 4.78 is 6.15. The largest absolute Gasteiger partial charge is 0.493 e. The quantitative estimate of drug-likeness (QED) is 0.650. The van der Waals surface area contributed by atoms with E-state index in [0.29, 0.717) is 24.3 Å². The maximum atomic E-state index is 10.7. The van der Waals surface area contributed by atoms with Crippen LogP contribution >= 0.6 is 15.9 Å². The van der Waals surface area contributed by atoms with Crippen LogP contribution in [-0.4, -0.2) is 24.6 Å². The van der Waals surface area contributed by atoms with Crippen molar-refractivity contribution in [1.82, 2.24) is 0 Å². The van der Waals surface area contributed by atoms with Crippen molar-refractivity contribution in [2.45, 2.75) is 6.42 Å². The lowest BCUT2D eigenvalue weighted by atomic mass is 10.2. The number of carbonyl (C=O) groups excluding carboxylic acids is 1. The van der Waals surface area contributed by atoms with Crippen LogP contribution in [0.2, 0.25) is 0 Å². The number of ether oxygens (including phenoxy) is 1. The summed E-state index contributed by atoms with van der Waals surface area (Å²) in [5.74, 6) is 0.552. The molecule has 14 heavy (non-hydrogen) atoms. The number of aliphatic hydroxyl groups is 1. The normalized spacial score (nSPS) is 9.86. The second-order valence-corrected chi connectivity index (χ2v) is 3.64. The molecule has 0 atom stereocenters. The fourth-order valence-corrected chi connectivity index (χ4v) is 1.37. The van der Waals surface area contributed by atoms with E-state index in [-0.39, 0.29) is 6.61 Å². The lowest BCUT2D eigenvalue weighted by Crippen LogP contribution is -2.01. The molecule has 3 nitrogen and oxygen atoms in total. The molecule has 1 N–H and O–H groups in total. The van der Waals surface area contributed by atoms with Gasteiger partial charge in [0.15, 0.2) is 6.29 Å². The van der Waals surface area contributed by atoms with Crippen molar-refractivity contribution in [2.24, 2.45) is 0 Å². The second kappa shape index (κ2) is 5.78. The fraction of sp³-hybridized carbons (Fsp3) is 0.300. The molecule has 0 heterocycles. The monoisotopic (exact) mass is 258 g/mol. The lowest BCUT2D eigenvalue weighted by molar-refractivity contribution is 0.111. The van der Waals surface area contributed by atoms with Gasteiger partial charge in [-0.15, -0.1) is 0 Å². The van der Waals surface area contributed by atoms with Crippen LogP contribution in [0.3, 0.4) is 0 Å². The number of rotatable bonds is 5. The predicted molar refractivity (Wildman–Crippen MR) is 56.7 cm³/mol. The summed E-state index contributed by atoms with van der Waals surface area (Å²) in [5.41, 5.74) is 0.511. The molecule has 4 heteroatoms. The molecule has 0 aliphatic carbocycles. The first-order chi connectivity index (χ1) is 6.77. The van der Waals surface area contributed by atoms with Gasteiger partial charge in [-0.1, -0.05) is 15.9 Å². The first kappa shape index (κ1) is 11.2. The van der Waals surface area contributed by atoms with Gasteiger partial charge in [-0.3, -0.25) is 4.79 Å². The van der Waals surface area contributed by atoms with Crippen molar-refractivity contribution < 1.29 is 14.6 Å². The van der Waals surface area contributed by atoms with E-state index in [1.807, 2.05) is 0 Å². The summed E-state index contributed by atoms with van der Waals surface area (Å²) in [7, 11) is 0. The van der Waals surface area contributed by atoms with Gasteiger partial charge in [-0.2, -0.15) is 0 Å². The van der Waals surface area contributed by atoms with Crippen LogP contribution in [0, 0.1) is 0 Å². The van der Waals surface area contributed by atoms with Crippen molar-refractivity contribution in [3.63, 3.8) is 0 Å². The van der Waals surface area contributed by atoms with Crippen LogP contribution in [-0.2, 0) is 0 Å². The van der Waals surface area contributed by atoms with Crippen LogP contribution in [0.5, 0.6) is 5.75 Å². The molecule has 0 fully saturated rings. The number of aldehydes is 1. The summed E-state index contributed by atoms with van der Waals surface area (Å²) in [6, 6.07) is 5.23. The molecule has 1 aromatic carbocycles. The minimum absolute atomic E-state index is 0.0902. The average Bonchev–Trinajstić information content (AvgIpc) is 2.20. The molecular formula is C10H11BrO3. The van der Waals surface area contributed by atoms with Gasteiger partial charge in [0, 0.05) is 17.5 Å². The molecule has 1 rings (SSSR count). The number of halogens is 1. The van der Waals surface area contributed by atoms with E-state index in [2.05, 4.69) is 15.9 Å². The van der Waals surface area contributed by atoms with E-state index in [4.69, 9.17) is 9.84 Å². The van der Waals surface area contributed by atoms with E-state index < -0.39 is 0 Å². The Morgan fingerprint density at radius 1 is 1.50 bits per heavy atom. The molecule has 0 radical (unpaired) electrons. The Hall–Kier alpha value is -0.870. The number of aliphatic hydroxyl groups excluding tert-OH is 1. The highest BCUT2D eigenvalue weighted by Gasteiger charge is 2.02. The zero-order valence-corrected chi connectivity index (χ0v) is 9.16. The molecular weight excluding hydrogens is 248 g/mol. The average molecular weight is 259 g/mol. The van der Waals surface area contributed by atoms with E-state index >= 15 is 0 Å². The highest BCUT2D eigenvalue weighted by atomic mass is 79.9. The maximum absolute atomic E-state index is 10.7. The molecule has 0 bridgehead atoms. The zero-order chi connectivity index (χ0) is 10.4. The summed E-state index contributed by atoms with van der Waals surface area (Å²) in [5, 5.41) is 8.56. The zero-order valence-electron chi connectivity index (χ0n) is 7.57. The van der Waals surface area contributed by atoms with Gasteiger partial charge in [0.25, 0.3) is 0 Å². The third-order valence-corrected chi connectivity index (χ3v) is 2.15. The van der Waals surface area contributed by atoms with E-state index in [9.17, 15) is 4.79 Å². The third-order valence-electron chi connectivity index (χ3n) is 1.66. The van der Waals surface area contributed by atoms with Gasteiger partial charge in [-0.05, 0) is 18.2 Å². The number of hydrogen-bond acceptors (Lipinski definition) is 3. The first-order valence-corrected chi connectivity index (χ1v) is 5.05. The van der Waals surface area contributed by atoms with E-state index in [1.165, 1.54) is 0 Å². The first-order valence-electron chi connectivity index (χ1n) is 4.26. The minimum atomic E-state index is 0.0902. The topological polar surface area (TPSA) is 46.5 Å². The van der Waals surface area contributed by atoms with Crippen molar-refractivity contribution in [2.75, 3.05) is 13.2 Å². The molecule has 0 spiro atoms. The molecule has 0 aliphatic heterocycles. The molecule has 0 amide bonds. The number of carbonyl (C=O) groups is 1. The second-order valence-electron chi connectivity index (χ2n) is 2.73. The van der Waals surface area contributed by atoms with Crippen molar-refractivity contribution in [3.8, 4) is 5.75 Å². The Labute approximate surface area is 90.8 Å². The van der Waals surface area contributed by atoms with Crippen LogP contribution in [0.4, 0.5) is 0 Å². The Balaban J connectivity index is 2.70. The maximum Gasteiger partial charge on any atom is 0.153 e. The summed E-state index contributed by atoms with van der Waals surface area (Å²) in [6.07, 6.45) is 1.31. The van der Waals surface area contributed by atoms with Crippen LogP contribution in [0.15, 0.2) is 22.7 Å². The van der Waals surface area contributed by atoms with Crippen LogP contribution in [0.1, 0.15) is 16.8 Å². The highest BCUT2D eigenvalue weighted by Crippen LogP contribution is 2.21.